The van der Waals surface area contributed by atoms with Gasteiger partial charge in [-0.15, -0.1) is 11.6 Å². The molecule has 14 heavy (non-hydrogen) atoms. The lowest BCUT2D eigenvalue weighted by Crippen LogP contribution is -2.05. The van der Waals surface area contributed by atoms with Crippen molar-refractivity contribution in [3.05, 3.63) is 0 Å². The Balaban J connectivity index is 5.12. The van der Waals surface area contributed by atoms with Crippen LogP contribution in [0.4, 0.5) is 0 Å². The Bertz CT molecular complexity index is 300. The molecular formula is C5H10Cl5NOP2. The monoisotopic (exact) mass is 337 g/mol. The molecule has 0 heterocycles. The van der Waals surface area contributed by atoms with Crippen molar-refractivity contribution in [2.75, 3.05) is 0 Å². The normalized spacial score (nSPS) is 16.6. The Morgan fingerprint density at radius 3 is 1.79 bits per heavy atom. The summed E-state index contributed by atoms with van der Waals surface area (Å²) in [6, 6.07) is 0. The Morgan fingerprint density at radius 1 is 1.21 bits per heavy atom. The lowest BCUT2D eigenvalue weighted by molar-refractivity contribution is 0.587. The first-order chi connectivity index (χ1) is 5.88. The summed E-state index contributed by atoms with van der Waals surface area (Å²) in [6.07, 6.45) is 0. The summed E-state index contributed by atoms with van der Waals surface area (Å²) in [5.74, 6) is -6.94. The lowest BCUT2D eigenvalue weighted by atomic mass is 10.6. The average molecular weight is 339 g/mol. The molecule has 0 aliphatic rings. The summed E-state index contributed by atoms with van der Waals surface area (Å²) in [6.45, 7) is 4.75. The van der Waals surface area contributed by atoms with Gasteiger partial charge in [-0.1, -0.05) is 22.5 Å². The molecule has 0 aromatic carbocycles. The second kappa shape index (κ2) is 5.05. The fraction of sp³-hybridized carbons (Fsp3) is 1.00. The molecular weight excluding hydrogens is 329 g/mol. The molecule has 1 atom stereocenters. The van der Waals surface area contributed by atoms with Crippen LogP contribution in [0.5, 0.6) is 0 Å². The first-order valence-corrected chi connectivity index (χ1v) is 11.1. The minimum atomic E-state index is -3.34. The number of nitrogens with zero attached hydrogens (tertiary/aromatic N) is 1. The summed E-state index contributed by atoms with van der Waals surface area (Å²) >= 11 is 28.7. The van der Waals surface area contributed by atoms with Crippen LogP contribution >= 0.6 is 68.2 Å². The fourth-order valence-electron chi connectivity index (χ4n) is 0.407. The van der Waals surface area contributed by atoms with Gasteiger partial charge in [0.1, 0.15) is 5.78 Å². The Labute approximate surface area is 108 Å². The van der Waals surface area contributed by atoms with Crippen LogP contribution in [0.15, 0.2) is 4.74 Å². The van der Waals surface area contributed by atoms with Crippen LogP contribution in [0.2, 0.25) is 0 Å². The third-order valence-electron chi connectivity index (χ3n) is 1.39. The van der Waals surface area contributed by atoms with E-state index in [0.29, 0.717) is 0 Å². The predicted molar refractivity (Wildman–Crippen MR) is 69.8 cm³/mol. The van der Waals surface area contributed by atoms with Crippen molar-refractivity contribution in [1.29, 1.82) is 0 Å². The van der Waals surface area contributed by atoms with Gasteiger partial charge in [0, 0.05) is 0 Å². The molecule has 0 spiro atoms. The zero-order chi connectivity index (χ0) is 11.8. The predicted octanol–water partition coefficient (Wildman–Crippen LogP) is 6.49. The standard InChI is InChI=1S/C5H10Cl5NOP2/c1-4(13(7,8)12)11-14(9,10)5(2,3)6/h4H,1-3H3. The van der Waals surface area contributed by atoms with Crippen molar-refractivity contribution in [3.8, 4) is 0 Å². The zero-order valence-corrected chi connectivity index (χ0v) is 13.3. The highest BCUT2D eigenvalue weighted by atomic mass is 35.9. The van der Waals surface area contributed by atoms with Crippen LogP contribution in [0.3, 0.4) is 0 Å². The summed E-state index contributed by atoms with van der Waals surface area (Å²) in [5.41, 5.74) is 0. The molecule has 0 aliphatic heterocycles. The van der Waals surface area contributed by atoms with Crippen molar-refractivity contribution in [2.24, 2.45) is 4.74 Å². The molecule has 0 rings (SSSR count). The van der Waals surface area contributed by atoms with Gasteiger partial charge < -0.3 is 0 Å². The molecule has 0 saturated heterocycles. The number of hydrogen-bond acceptors (Lipinski definition) is 2. The molecule has 86 valence electrons. The minimum absolute atomic E-state index is 0.813. The molecule has 0 saturated carbocycles. The van der Waals surface area contributed by atoms with E-state index in [1.165, 1.54) is 6.92 Å². The maximum atomic E-state index is 11.2. The summed E-state index contributed by atoms with van der Waals surface area (Å²) in [7, 11) is 0. The molecule has 0 fully saturated rings. The molecule has 2 nitrogen and oxygen atoms in total. The number of hydrogen-bond donors (Lipinski definition) is 0. The van der Waals surface area contributed by atoms with Crippen molar-refractivity contribution in [3.63, 3.8) is 0 Å². The second-order valence-electron chi connectivity index (χ2n) is 3.14. The van der Waals surface area contributed by atoms with E-state index in [9.17, 15) is 4.57 Å². The van der Waals surface area contributed by atoms with E-state index < -0.39 is 22.0 Å². The molecule has 0 radical (unpaired) electrons. The van der Waals surface area contributed by atoms with Gasteiger partial charge in [-0.3, -0.25) is 9.31 Å². The van der Waals surface area contributed by atoms with Gasteiger partial charge >= 0.3 is 0 Å². The van der Waals surface area contributed by atoms with Crippen molar-refractivity contribution in [1.82, 2.24) is 0 Å². The molecule has 0 N–H and O–H groups in total. The number of rotatable bonds is 3. The summed E-state index contributed by atoms with van der Waals surface area (Å²) in [5, 5.41) is 0. The SMILES string of the molecule is CC(N=P(Cl)(Cl)C(C)(C)Cl)P(=O)(Cl)Cl. The van der Waals surface area contributed by atoms with Crippen LogP contribution < -0.4 is 0 Å². The van der Waals surface area contributed by atoms with Gasteiger partial charge in [0.15, 0.2) is 5.76 Å². The molecule has 0 aromatic rings. The van der Waals surface area contributed by atoms with E-state index >= 15 is 0 Å². The number of halogens is 5. The highest BCUT2D eigenvalue weighted by Crippen LogP contribution is 2.74. The molecule has 0 amide bonds. The van der Waals surface area contributed by atoms with Gasteiger partial charge in [-0.2, -0.15) is 0 Å². The highest BCUT2D eigenvalue weighted by Gasteiger charge is 2.35. The van der Waals surface area contributed by atoms with Crippen LogP contribution in [-0.4, -0.2) is 10.4 Å². The maximum Gasteiger partial charge on any atom is 0.276 e. The lowest BCUT2D eigenvalue weighted by Gasteiger charge is -2.24. The van der Waals surface area contributed by atoms with E-state index in [-0.39, 0.29) is 0 Å². The maximum absolute atomic E-state index is 11.2. The van der Waals surface area contributed by atoms with Gasteiger partial charge in [0.25, 0.3) is 5.85 Å². The van der Waals surface area contributed by atoms with Crippen LogP contribution in [0.25, 0.3) is 0 Å². The fourth-order valence-corrected chi connectivity index (χ4v) is 4.03. The number of alkyl halides is 1. The molecule has 0 aliphatic carbocycles. The van der Waals surface area contributed by atoms with E-state index in [4.69, 9.17) is 56.6 Å². The van der Waals surface area contributed by atoms with E-state index in [0.717, 1.165) is 0 Å². The Kier molecular flexibility index (Phi) is 5.73. The first kappa shape index (κ1) is 15.9. The third-order valence-corrected chi connectivity index (χ3v) is 10.5. The topological polar surface area (TPSA) is 29.4 Å². The van der Waals surface area contributed by atoms with Gasteiger partial charge in [-0.05, 0) is 43.3 Å². The van der Waals surface area contributed by atoms with Crippen LogP contribution in [0, 0.1) is 0 Å². The first-order valence-electron chi connectivity index (χ1n) is 3.57. The van der Waals surface area contributed by atoms with Crippen molar-refractivity contribution in [2.45, 2.75) is 31.2 Å². The van der Waals surface area contributed by atoms with E-state index in [1.807, 2.05) is 0 Å². The Morgan fingerprint density at radius 2 is 1.57 bits per heavy atom. The van der Waals surface area contributed by atoms with E-state index in [2.05, 4.69) is 4.74 Å². The molecule has 1 unspecified atom stereocenters. The Hall–Kier alpha value is 1.91. The van der Waals surface area contributed by atoms with Crippen LogP contribution in [0.1, 0.15) is 20.8 Å². The zero-order valence-electron chi connectivity index (χ0n) is 7.72. The largest absolute Gasteiger partial charge is 0.287 e. The van der Waals surface area contributed by atoms with Crippen molar-refractivity contribution < 1.29 is 4.57 Å². The van der Waals surface area contributed by atoms with Gasteiger partial charge in [0.05, 0.1) is 4.62 Å². The molecule has 0 aromatic heterocycles. The van der Waals surface area contributed by atoms with Crippen LogP contribution in [-0.2, 0) is 4.57 Å². The second-order valence-corrected chi connectivity index (χ2v) is 15.4. The molecule has 0 bridgehead atoms. The van der Waals surface area contributed by atoms with Gasteiger partial charge in [0.2, 0.25) is 0 Å². The smallest absolute Gasteiger partial charge is 0.276 e. The molecule has 9 heteroatoms. The van der Waals surface area contributed by atoms with Gasteiger partial charge in [-0.25, -0.2) is 0 Å². The van der Waals surface area contributed by atoms with E-state index in [1.54, 1.807) is 13.8 Å². The third kappa shape index (κ3) is 4.83. The average Bonchev–Trinajstić information content (AvgIpc) is 1.80. The minimum Gasteiger partial charge on any atom is -0.287 e. The highest BCUT2D eigenvalue weighted by molar-refractivity contribution is 8.13. The summed E-state index contributed by atoms with van der Waals surface area (Å²) in [4.78, 5) is 0. The van der Waals surface area contributed by atoms with Crippen molar-refractivity contribution >= 4 is 68.2 Å². The quantitative estimate of drug-likeness (QED) is 0.427. The summed E-state index contributed by atoms with van der Waals surface area (Å²) < 4.78 is 14.3.